The van der Waals surface area contributed by atoms with Gasteiger partial charge in [-0.15, -0.1) is 0 Å². The number of piperidine rings is 1. The number of likely N-dealkylation sites (N-methyl/N-ethyl adjacent to an activating group) is 1. The van der Waals surface area contributed by atoms with Gasteiger partial charge in [-0.25, -0.2) is 0 Å². The number of hydrogen-bond acceptors (Lipinski definition) is 2. The number of carbonyl (C=O) groups excluding carboxylic acids is 1. The lowest BCUT2D eigenvalue weighted by molar-refractivity contribution is -0.128. The number of hydrogen-bond donors (Lipinski definition) is 0. The Morgan fingerprint density at radius 3 is 1.91 bits per heavy atom. The molecular weight excluding hydrogens is 392 g/mol. The van der Waals surface area contributed by atoms with Gasteiger partial charge in [0.25, 0.3) is 0 Å². The number of nitrogens with zero attached hydrogens (tertiary/aromatic N) is 2. The first-order valence-electron chi connectivity index (χ1n) is 12.9. The van der Waals surface area contributed by atoms with Crippen molar-refractivity contribution >= 4 is 5.91 Å². The molecule has 1 heterocycles. The average molecular weight is 443 g/mol. The molecule has 0 bridgehead atoms. The highest BCUT2D eigenvalue weighted by Gasteiger charge is 2.25. The molecule has 1 aliphatic heterocycles. The van der Waals surface area contributed by atoms with E-state index in [1.54, 1.807) is 0 Å². The monoisotopic (exact) mass is 442 g/mol. The highest BCUT2D eigenvalue weighted by Crippen LogP contribution is 2.18. The van der Waals surface area contributed by atoms with Crippen LogP contribution in [0.15, 0.2) is 46.6 Å². The number of rotatable bonds is 13. The minimum absolute atomic E-state index is 0.203. The molecule has 0 aromatic heterocycles. The molecule has 3 nitrogen and oxygen atoms in total. The molecule has 1 amide bonds. The standard InChI is InChI=1S/C29H50N2O/c1-8-30(9-2)28-20-13-21-31(23-28)29(32)22-27(7)19-12-18-26(6)17-11-16-25(5)15-10-14-24(3)4/h14,16,18,22,28H,8-13,15,17,19-21,23H2,1-7H3/b25-16+,26-18+,27-22+. The minimum atomic E-state index is 0.203. The Kier molecular flexibility index (Phi) is 14.3. The van der Waals surface area contributed by atoms with E-state index in [0.29, 0.717) is 6.04 Å². The van der Waals surface area contributed by atoms with E-state index in [4.69, 9.17) is 0 Å². The van der Waals surface area contributed by atoms with Crippen molar-refractivity contribution in [2.45, 2.75) is 106 Å². The van der Waals surface area contributed by atoms with Crippen LogP contribution < -0.4 is 0 Å². The van der Waals surface area contributed by atoms with Crippen LogP contribution in [0.2, 0.25) is 0 Å². The minimum Gasteiger partial charge on any atom is -0.338 e. The zero-order valence-corrected chi connectivity index (χ0v) is 22.2. The number of allylic oxidation sites excluding steroid dienone is 7. The summed E-state index contributed by atoms with van der Waals surface area (Å²) in [5.74, 6) is 0.203. The molecule has 1 atom stereocenters. The molecule has 0 N–H and O–H groups in total. The smallest absolute Gasteiger partial charge is 0.246 e. The molecule has 0 aliphatic carbocycles. The summed E-state index contributed by atoms with van der Waals surface area (Å²) in [5.41, 5.74) is 5.55. The summed E-state index contributed by atoms with van der Waals surface area (Å²) < 4.78 is 0. The second-order valence-electron chi connectivity index (χ2n) is 9.79. The van der Waals surface area contributed by atoms with Gasteiger partial charge in [0.15, 0.2) is 0 Å². The Hall–Kier alpha value is -1.61. The highest BCUT2D eigenvalue weighted by molar-refractivity contribution is 5.88. The molecule has 182 valence electrons. The van der Waals surface area contributed by atoms with Gasteiger partial charge >= 0.3 is 0 Å². The average Bonchev–Trinajstić information content (AvgIpc) is 2.74. The molecule has 1 rings (SSSR count). The van der Waals surface area contributed by atoms with E-state index in [1.807, 2.05) is 6.08 Å². The fourth-order valence-corrected chi connectivity index (χ4v) is 4.45. The lowest BCUT2D eigenvalue weighted by Gasteiger charge is -2.38. The van der Waals surface area contributed by atoms with Gasteiger partial charge in [-0.3, -0.25) is 9.69 Å². The fraction of sp³-hybridized carbons (Fsp3) is 0.690. The first-order chi connectivity index (χ1) is 15.3. The van der Waals surface area contributed by atoms with Crippen LogP contribution >= 0.6 is 0 Å². The molecule has 0 radical (unpaired) electrons. The number of carbonyl (C=O) groups is 1. The predicted octanol–water partition coefficient (Wildman–Crippen LogP) is 7.46. The van der Waals surface area contributed by atoms with Crippen LogP contribution in [0.3, 0.4) is 0 Å². The summed E-state index contributed by atoms with van der Waals surface area (Å²) >= 11 is 0. The Morgan fingerprint density at radius 1 is 0.844 bits per heavy atom. The zero-order chi connectivity index (χ0) is 23.9. The molecule has 1 aliphatic rings. The van der Waals surface area contributed by atoms with Crippen molar-refractivity contribution in [2.75, 3.05) is 26.2 Å². The van der Waals surface area contributed by atoms with Gasteiger partial charge in [-0.05, 0) is 99.1 Å². The van der Waals surface area contributed by atoms with E-state index >= 15 is 0 Å². The number of likely N-dealkylation sites (tertiary alicyclic amines) is 1. The van der Waals surface area contributed by atoms with Gasteiger partial charge in [0, 0.05) is 25.2 Å². The molecule has 32 heavy (non-hydrogen) atoms. The molecule has 0 saturated carbocycles. The summed E-state index contributed by atoms with van der Waals surface area (Å²) in [4.78, 5) is 17.3. The summed E-state index contributed by atoms with van der Waals surface area (Å²) in [6, 6.07) is 0.520. The second kappa shape index (κ2) is 16.1. The largest absolute Gasteiger partial charge is 0.338 e. The molecule has 1 unspecified atom stereocenters. The Bertz CT molecular complexity index is 675. The third-order valence-corrected chi connectivity index (χ3v) is 6.56. The molecule has 0 spiro atoms. The van der Waals surface area contributed by atoms with Crippen LogP contribution in [0, 0.1) is 0 Å². The van der Waals surface area contributed by atoms with Gasteiger partial charge in [-0.1, -0.05) is 54.4 Å². The molecular formula is C29H50N2O. The Labute approximate surface area is 199 Å². The summed E-state index contributed by atoms with van der Waals surface area (Å²) in [6.45, 7) is 19.3. The highest BCUT2D eigenvalue weighted by atomic mass is 16.2. The third-order valence-electron chi connectivity index (χ3n) is 6.56. The third kappa shape index (κ3) is 11.9. The molecule has 3 heteroatoms. The van der Waals surface area contributed by atoms with Crippen molar-refractivity contribution in [3.63, 3.8) is 0 Å². The van der Waals surface area contributed by atoms with E-state index in [2.05, 4.69) is 76.5 Å². The summed E-state index contributed by atoms with van der Waals surface area (Å²) in [6.07, 6.45) is 17.8. The van der Waals surface area contributed by atoms with Gasteiger partial charge in [0.1, 0.15) is 0 Å². The lowest BCUT2D eigenvalue weighted by atomic mass is 10.0. The van der Waals surface area contributed by atoms with Crippen LogP contribution in [0.1, 0.15) is 99.8 Å². The molecule has 1 saturated heterocycles. The van der Waals surface area contributed by atoms with Crippen molar-refractivity contribution < 1.29 is 4.79 Å². The SMILES string of the molecule is CCN(CC)C1CCCN(C(=O)/C=C(\C)CC/C=C(\C)CC/C=C(\C)CCC=C(C)C)C1. The number of amides is 1. The second-order valence-corrected chi connectivity index (χ2v) is 9.79. The molecule has 1 fully saturated rings. The van der Waals surface area contributed by atoms with Crippen molar-refractivity contribution in [3.8, 4) is 0 Å². The fourth-order valence-electron chi connectivity index (χ4n) is 4.45. The maximum atomic E-state index is 12.8. The van der Waals surface area contributed by atoms with Gasteiger partial charge in [-0.2, -0.15) is 0 Å². The van der Waals surface area contributed by atoms with Gasteiger partial charge < -0.3 is 4.90 Å². The van der Waals surface area contributed by atoms with Crippen molar-refractivity contribution in [3.05, 3.63) is 46.6 Å². The van der Waals surface area contributed by atoms with E-state index in [-0.39, 0.29) is 5.91 Å². The topological polar surface area (TPSA) is 23.6 Å². The van der Waals surface area contributed by atoms with E-state index in [9.17, 15) is 4.79 Å². The quantitative estimate of drug-likeness (QED) is 0.218. The first kappa shape index (κ1) is 28.4. The van der Waals surface area contributed by atoms with Crippen LogP contribution in [0.25, 0.3) is 0 Å². The summed E-state index contributed by atoms with van der Waals surface area (Å²) in [7, 11) is 0. The van der Waals surface area contributed by atoms with Crippen molar-refractivity contribution in [1.29, 1.82) is 0 Å². The van der Waals surface area contributed by atoms with Crippen LogP contribution in [-0.2, 0) is 4.79 Å². The van der Waals surface area contributed by atoms with E-state index in [1.165, 1.54) is 35.1 Å². The van der Waals surface area contributed by atoms with Crippen molar-refractivity contribution in [1.82, 2.24) is 9.80 Å². The molecule has 0 aromatic carbocycles. The maximum Gasteiger partial charge on any atom is 0.246 e. The van der Waals surface area contributed by atoms with E-state index in [0.717, 1.165) is 64.7 Å². The van der Waals surface area contributed by atoms with Crippen molar-refractivity contribution in [2.24, 2.45) is 0 Å². The predicted molar refractivity (Wildman–Crippen MR) is 141 cm³/mol. The van der Waals surface area contributed by atoms with Gasteiger partial charge in [0.2, 0.25) is 5.91 Å². The van der Waals surface area contributed by atoms with Gasteiger partial charge in [0.05, 0.1) is 0 Å². The van der Waals surface area contributed by atoms with Crippen LogP contribution in [0.5, 0.6) is 0 Å². The van der Waals surface area contributed by atoms with Crippen LogP contribution in [0.4, 0.5) is 0 Å². The normalized spacial score (nSPS) is 18.3. The summed E-state index contributed by atoms with van der Waals surface area (Å²) in [5, 5.41) is 0. The first-order valence-corrected chi connectivity index (χ1v) is 12.9. The van der Waals surface area contributed by atoms with E-state index < -0.39 is 0 Å². The molecule has 0 aromatic rings. The maximum absolute atomic E-state index is 12.8. The Morgan fingerprint density at radius 2 is 1.38 bits per heavy atom. The lowest BCUT2D eigenvalue weighted by Crippen LogP contribution is -2.49. The zero-order valence-electron chi connectivity index (χ0n) is 22.2. The van der Waals surface area contributed by atoms with Crippen LogP contribution in [-0.4, -0.2) is 47.9 Å². The Balaban J connectivity index is 2.40.